The molecule has 0 atom stereocenters. The zero-order chi connectivity index (χ0) is 16.5. The Labute approximate surface area is 124 Å². The molecule has 0 heterocycles. The maximum atomic E-state index is 12.3. The fourth-order valence-corrected chi connectivity index (χ4v) is 1.50. The SMILES string of the molecule is N#Cc1ccc(OC(F)F)c(NC(=O)NCCCC(=O)O)c1. The predicted molar refractivity (Wildman–Crippen MR) is 71.7 cm³/mol. The summed E-state index contributed by atoms with van der Waals surface area (Å²) in [6.45, 7) is -2.98. The Morgan fingerprint density at radius 1 is 1.41 bits per heavy atom. The van der Waals surface area contributed by atoms with Crippen LogP contribution in [-0.4, -0.2) is 30.3 Å². The molecule has 0 unspecified atom stereocenters. The van der Waals surface area contributed by atoms with Crippen LogP contribution in [0.3, 0.4) is 0 Å². The standard InChI is InChI=1S/C13H13F2N3O4/c14-12(15)22-10-4-3-8(7-16)6-9(10)18-13(21)17-5-1-2-11(19)20/h3-4,6,12H,1-2,5H2,(H,19,20)(H2,17,18,21). The number of nitrogens with zero attached hydrogens (tertiary/aromatic N) is 1. The number of amides is 2. The molecule has 0 aliphatic rings. The van der Waals surface area contributed by atoms with Gasteiger partial charge in [-0.3, -0.25) is 4.79 Å². The molecule has 118 valence electrons. The van der Waals surface area contributed by atoms with E-state index in [1.807, 2.05) is 0 Å². The zero-order valence-electron chi connectivity index (χ0n) is 11.3. The first-order chi connectivity index (χ1) is 10.4. The molecule has 0 bridgehead atoms. The van der Waals surface area contributed by atoms with Crippen LogP contribution in [0.4, 0.5) is 19.3 Å². The summed E-state index contributed by atoms with van der Waals surface area (Å²) >= 11 is 0. The van der Waals surface area contributed by atoms with Gasteiger partial charge in [-0.1, -0.05) is 0 Å². The quantitative estimate of drug-likeness (QED) is 0.668. The number of urea groups is 1. The van der Waals surface area contributed by atoms with Crippen molar-refractivity contribution in [2.75, 3.05) is 11.9 Å². The number of hydrogen-bond acceptors (Lipinski definition) is 4. The van der Waals surface area contributed by atoms with Gasteiger partial charge in [-0.05, 0) is 24.6 Å². The summed E-state index contributed by atoms with van der Waals surface area (Å²) in [5, 5.41) is 21.9. The van der Waals surface area contributed by atoms with Crippen molar-refractivity contribution in [2.24, 2.45) is 0 Å². The van der Waals surface area contributed by atoms with Crippen molar-refractivity contribution in [3.8, 4) is 11.8 Å². The van der Waals surface area contributed by atoms with E-state index < -0.39 is 18.6 Å². The molecule has 0 aliphatic heterocycles. The third kappa shape index (κ3) is 6.04. The van der Waals surface area contributed by atoms with Crippen molar-refractivity contribution >= 4 is 17.7 Å². The van der Waals surface area contributed by atoms with Crippen LogP contribution in [0.5, 0.6) is 5.75 Å². The number of ether oxygens (including phenoxy) is 1. The number of aliphatic carboxylic acids is 1. The smallest absolute Gasteiger partial charge is 0.387 e. The molecule has 3 N–H and O–H groups in total. The van der Waals surface area contributed by atoms with E-state index in [1.165, 1.54) is 12.1 Å². The van der Waals surface area contributed by atoms with E-state index in [0.717, 1.165) is 6.07 Å². The maximum absolute atomic E-state index is 12.3. The number of rotatable bonds is 7. The first-order valence-electron chi connectivity index (χ1n) is 6.18. The van der Waals surface area contributed by atoms with E-state index in [1.54, 1.807) is 6.07 Å². The van der Waals surface area contributed by atoms with Crippen LogP contribution in [0.25, 0.3) is 0 Å². The minimum Gasteiger partial charge on any atom is -0.481 e. The lowest BCUT2D eigenvalue weighted by molar-refractivity contribution is -0.137. The molecule has 1 aromatic rings. The van der Waals surface area contributed by atoms with Crippen molar-refractivity contribution in [3.05, 3.63) is 23.8 Å². The molecule has 0 saturated carbocycles. The van der Waals surface area contributed by atoms with Crippen LogP contribution < -0.4 is 15.4 Å². The molecule has 0 spiro atoms. The highest BCUT2D eigenvalue weighted by atomic mass is 19.3. The molecule has 0 saturated heterocycles. The van der Waals surface area contributed by atoms with Gasteiger partial charge in [0.05, 0.1) is 17.3 Å². The first-order valence-corrected chi connectivity index (χ1v) is 6.18. The third-order valence-corrected chi connectivity index (χ3v) is 2.43. The second kappa shape index (κ2) is 8.41. The van der Waals surface area contributed by atoms with Gasteiger partial charge in [0.2, 0.25) is 0 Å². The molecule has 0 fully saturated rings. The number of nitriles is 1. The summed E-state index contributed by atoms with van der Waals surface area (Å²) in [7, 11) is 0. The van der Waals surface area contributed by atoms with Crippen molar-refractivity contribution in [1.29, 1.82) is 5.26 Å². The molecule has 9 heteroatoms. The molecular formula is C13H13F2N3O4. The number of carboxylic acid groups (broad SMARTS) is 1. The lowest BCUT2D eigenvalue weighted by Crippen LogP contribution is -2.30. The van der Waals surface area contributed by atoms with Gasteiger partial charge in [-0.2, -0.15) is 14.0 Å². The Balaban J connectivity index is 2.67. The van der Waals surface area contributed by atoms with Crippen LogP contribution in [0.15, 0.2) is 18.2 Å². The summed E-state index contributed by atoms with van der Waals surface area (Å²) in [4.78, 5) is 21.9. The van der Waals surface area contributed by atoms with Crippen LogP contribution in [0.2, 0.25) is 0 Å². The number of carbonyl (C=O) groups is 2. The Morgan fingerprint density at radius 2 is 2.14 bits per heavy atom. The number of hydrogen-bond donors (Lipinski definition) is 3. The van der Waals surface area contributed by atoms with Crippen LogP contribution in [0.1, 0.15) is 18.4 Å². The lowest BCUT2D eigenvalue weighted by atomic mass is 10.2. The number of benzene rings is 1. The summed E-state index contributed by atoms with van der Waals surface area (Å²) in [6, 6.07) is 4.69. The lowest BCUT2D eigenvalue weighted by Gasteiger charge is -2.12. The molecule has 1 rings (SSSR count). The Morgan fingerprint density at radius 3 is 2.73 bits per heavy atom. The molecule has 7 nitrogen and oxygen atoms in total. The Hall–Kier alpha value is -2.89. The van der Waals surface area contributed by atoms with Gasteiger partial charge >= 0.3 is 18.6 Å². The number of alkyl halides is 2. The van der Waals surface area contributed by atoms with Gasteiger partial charge in [-0.15, -0.1) is 0 Å². The molecule has 0 aliphatic carbocycles. The van der Waals surface area contributed by atoms with Crippen molar-refractivity contribution < 1.29 is 28.2 Å². The van der Waals surface area contributed by atoms with Crippen LogP contribution in [-0.2, 0) is 4.79 Å². The first kappa shape index (κ1) is 17.2. The van der Waals surface area contributed by atoms with E-state index in [-0.39, 0.29) is 36.4 Å². The fourth-order valence-electron chi connectivity index (χ4n) is 1.50. The molecule has 1 aromatic carbocycles. The minimum atomic E-state index is -3.08. The predicted octanol–water partition coefficient (Wildman–Crippen LogP) is 2.15. The van der Waals surface area contributed by atoms with Crippen molar-refractivity contribution in [3.63, 3.8) is 0 Å². The summed E-state index contributed by atoms with van der Waals surface area (Å²) in [5.41, 5.74) is 0.0675. The highest BCUT2D eigenvalue weighted by molar-refractivity contribution is 5.91. The van der Waals surface area contributed by atoms with Crippen LogP contribution >= 0.6 is 0 Å². The number of halogens is 2. The second-order valence-electron chi connectivity index (χ2n) is 4.08. The van der Waals surface area contributed by atoms with Gasteiger partial charge in [0.1, 0.15) is 5.75 Å². The molecular weight excluding hydrogens is 300 g/mol. The van der Waals surface area contributed by atoms with Crippen molar-refractivity contribution in [1.82, 2.24) is 5.32 Å². The van der Waals surface area contributed by atoms with E-state index in [9.17, 15) is 18.4 Å². The van der Waals surface area contributed by atoms with E-state index in [4.69, 9.17) is 10.4 Å². The topological polar surface area (TPSA) is 111 Å². The van der Waals surface area contributed by atoms with E-state index in [0.29, 0.717) is 0 Å². The molecule has 22 heavy (non-hydrogen) atoms. The summed E-state index contributed by atoms with van der Waals surface area (Å²) in [6.07, 6.45) is 0.116. The third-order valence-electron chi connectivity index (χ3n) is 2.43. The average molecular weight is 313 g/mol. The highest BCUT2D eigenvalue weighted by Crippen LogP contribution is 2.27. The maximum Gasteiger partial charge on any atom is 0.387 e. The van der Waals surface area contributed by atoms with E-state index in [2.05, 4.69) is 15.4 Å². The van der Waals surface area contributed by atoms with Gasteiger partial charge in [0.15, 0.2) is 0 Å². The molecule has 0 aromatic heterocycles. The Kier molecular flexibility index (Phi) is 6.56. The number of anilines is 1. The van der Waals surface area contributed by atoms with E-state index >= 15 is 0 Å². The minimum absolute atomic E-state index is 0.0879. The summed E-state index contributed by atoms with van der Waals surface area (Å²) in [5.74, 6) is -1.27. The Bertz CT molecular complexity index is 587. The molecule has 2 amide bonds. The number of nitrogens with one attached hydrogen (secondary N) is 2. The van der Waals surface area contributed by atoms with Crippen LogP contribution in [0, 0.1) is 11.3 Å². The fraction of sp³-hybridized carbons (Fsp3) is 0.308. The zero-order valence-corrected chi connectivity index (χ0v) is 11.3. The van der Waals surface area contributed by atoms with Gasteiger partial charge in [-0.25, -0.2) is 4.79 Å². The second-order valence-corrected chi connectivity index (χ2v) is 4.08. The van der Waals surface area contributed by atoms with Gasteiger partial charge in [0, 0.05) is 13.0 Å². The molecule has 0 radical (unpaired) electrons. The van der Waals surface area contributed by atoms with Gasteiger partial charge in [0.25, 0.3) is 0 Å². The number of carbonyl (C=O) groups excluding carboxylic acids is 1. The summed E-state index contributed by atoms with van der Waals surface area (Å²) < 4.78 is 28.8. The highest BCUT2D eigenvalue weighted by Gasteiger charge is 2.13. The normalized spacial score (nSPS) is 9.91. The monoisotopic (exact) mass is 313 g/mol. The van der Waals surface area contributed by atoms with Gasteiger partial charge < -0.3 is 20.5 Å². The average Bonchev–Trinajstić information content (AvgIpc) is 2.44. The van der Waals surface area contributed by atoms with Crippen molar-refractivity contribution in [2.45, 2.75) is 19.5 Å². The largest absolute Gasteiger partial charge is 0.481 e. The number of carboxylic acids is 1.